The third kappa shape index (κ3) is 4.86. The molecule has 0 saturated heterocycles. The summed E-state index contributed by atoms with van der Waals surface area (Å²) in [7, 11) is 3.37. The third-order valence-corrected chi connectivity index (χ3v) is 7.07. The van der Waals surface area contributed by atoms with E-state index in [0.29, 0.717) is 0 Å². The van der Waals surface area contributed by atoms with Gasteiger partial charge in [0.2, 0.25) is 0 Å². The molecular formula is C28H23NO2S2. The Hall–Kier alpha value is -3.37. The van der Waals surface area contributed by atoms with Crippen LogP contribution in [0.1, 0.15) is 16.7 Å². The molecule has 4 rings (SSSR count). The Labute approximate surface area is 204 Å². The van der Waals surface area contributed by atoms with Gasteiger partial charge in [-0.25, -0.2) is 0 Å². The minimum atomic E-state index is -0.505. The second-order valence-corrected chi connectivity index (χ2v) is 8.77. The molecular weight excluding hydrogens is 446 g/mol. The highest BCUT2D eigenvalue weighted by atomic mass is 32.2. The Morgan fingerprint density at radius 1 is 0.667 bits per heavy atom. The van der Waals surface area contributed by atoms with Crippen LogP contribution in [0.2, 0.25) is 0 Å². The fraction of sp³-hybridized carbons (Fsp3) is 0.107. The molecule has 0 unspecified atom stereocenters. The van der Waals surface area contributed by atoms with Gasteiger partial charge in [0, 0.05) is 4.90 Å². The van der Waals surface area contributed by atoms with Crippen molar-refractivity contribution in [3.8, 4) is 11.5 Å². The fourth-order valence-corrected chi connectivity index (χ4v) is 5.31. The van der Waals surface area contributed by atoms with E-state index in [0.717, 1.165) is 33.2 Å². The lowest BCUT2D eigenvalue weighted by atomic mass is 9.84. The fourth-order valence-electron chi connectivity index (χ4n) is 3.82. The Bertz CT molecular complexity index is 1180. The summed E-state index contributed by atoms with van der Waals surface area (Å²) in [6, 6.07) is 35.2. The minimum Gasteiger partial charge on any atom is -0.497 e. The van der Waals surface area contributed by atoms with E-state index in [1.807, 2.05) is 42.5 Å². The van der Waals surface area contributed by atoms with E-state index in [9.17, 15) is 0 Å². The number of rotatable bonds is 8. The van der Waals surface area contributed by atoms with E-state index in [4.69, 9.17) is 21.7 Å². The van der Waals surface area contributed by atoms with Crippen molar-refractivity contribution in [1.29, 1.82) is 0 Å². The molecule has 4 aromatic rings. The van der Waals surface area contributed by atoms with E-state index in [1.165, 1.54) is 5.56 Å². The number of thiocarbonyl (C=S) groups is 1. The van der Waals surface area contributed by atoms with Crippen molar-refractivity contribution >= 4 is 34.8 Å². The van der Waals surface area contributed by atoms with E-state index in [-0.39, 0.29) is 0 Å². The largest absolute Gasteiger partial charge is 0.497 e. The molecule has 0 heterocycles. The molecule has 0 amide bonds. The predicted molar refractivity (Wildman–Crippen MR) is 139 cm³/mol. The number of nitrogens with zero attached hydrogens (tertiary/aromatic N) is 1. The van der Waals surface area contributed by atoms with Crippen LogP contribution in [0.3, 0.4) is 0 Å². The van der Waals surface area contributed by atoms with Gasteiger partial charge in [-0.15, -0.1) is 11.8 Å². The first kappa shape index (κ1) is 22.8. The third-order valence-electron chi connectivity index (χ3n) is 5.46. The van der Waals surface area contributed by atoms with Crippen molar-refractivity contribution in [1.82, 2.24) is 0 Å². The summed E-state index contributed by atoms with van der Waals surface area (Å²) in [6.45, 7) is 0. The number of methoxy groups -OCH3 is 2. The van der Waals surface area contributed by atoms with Gasteiger partial charge >= 0.3 is 0 Å². The average Bonchev–Trinajstić information content (AvgIpc) is 2.89. The molecule has 33 heavy (non-hydrogen) atoms. The first-order chi connectivity index (χ1) is 16.2. The van der Waals surface area contributed by atoms with Crippen LogP contribution in [0.25, 0.3) is 0 Å². The van der Waals surface area contributed by atoms with Crippen molar-refractivity contribution in [2.24, 2.45) is 4.99 Å². The first-order valence-corrected chi connectivity index (χ1v) is 11.6. The Balaban J connectivity index is 1.94. The maximum Gasteiger partial charge on any atom is 0.118 e. The van der Waals surface area contributed by atoms with E-state index >= 15 is 0 Å². The maximum atomic E-state index is 5.43. The van der Waals surface area contributed by atoms with Crippen LogP contribution in [-0.4, -0.2) is 19.4 Å². The minimum absolute atomic E-state index is 0.505. The summed E-state index contributed by atoms with van der Waals surface area (Å²) in [6.07, 6.45) is 0. The number of hydrogen-bond donors (Lipinski definition) is 0. The normalized spacial score (nSPS) is 10.8. The molecule has 3 nitrogen and oxygen atoms in total. The molecule has 164 valence electrons. The number of isothiocyanates is 1. The van der Waals surface area contributed by atoms with Gasteiger partial charge in [0.25, 0.3) is 0 Å². The van der Waals surface area contributed by atoms with Crippen LogP contribution >= 0.6 is 24.0 Å². The van der Waals surface area contributed by atoms with Crippen LogP contribution in [0.4, 0.5) is 5.69 Å². The summed E-state index contributed by atoms with van der Waals surface area (Å²) in [4.78, 5) is 5.19. The average molecular weight is 470 g/mol. The van der Waals surface area contributed by atoms with E-state index in [1.54, 1.807) is 26.0 Å². The molecule has 0 aliphatic heterocycles. The topological polar surface area (TPSA) is 30.8 Å². The standard InChI is InChI=1S/C28H23NO2S2/c1-30-25-14-8-22(9-15-25)28(21-6-4-3-5-7-21,23-10-16-26(31-2)17-11-23)33-27-18-12-24(13-19-27)29-20-32/h3-19H,1-2H3. The van der Waals surface area contributed by atoms with Crippen molar-refractivity contribution in [3.05, 3.63) is 120 Å². The van der Waals surface area contributed by atoms with Crippen LogP contribution in [0, 0.1) is 0 Å². The molecule has 4 aromatic carbocycles. The molecule has 0 aliphatic rings. The van der Waals surface area contributed by atoms with Crippen molar-refractivity contribution < 1.29 is 9.47 Å². The highest BCUT2D eigenvalue weighted by molar-refractivity contribution is 8.00. The lowest BCUT2D eigenvalue weighted by molar-refractivity contribution is 0.414. The smallest absolute Gasteiger partial charge is 0.118 e. The summed E-state index contributed by atoms with van der Waals surface area (Å²) < 4.78 is 10.4. The maximum absolute atomic E-state index is 5.43. The summed E-state index contributed by atoms with van der Waals surface area (Å²) >= 11 is 6.52. The zero-order valence-corrected chi connectivity index (χ0v) is 20.0. The lowest BCUT2D eigenvalue weighted by Crippen LogP contribution is -2.25. The van der Waals surface area contributed by atoms with E-state index < -0.39 is 4.75 Å². The zero-order valence-electron chi connectivity index (χ0n) is 18.4. The van der Waals surface area contributed by atoms with E-state index in [2.05, 4.69) is 70.8 Å². The Morgan fingerprint density at radius 3 is 1.61 bits per heavy atom. The summed E-state index contributed by atoms with van der Waals surface area (Å²) in [5.74, 6) is 1.64. The molecule has 0 saturated carbocycles. The van der Waals surface area contributed by atoms with Crippen molar-refractivity contribution in [2.75, 3.05) is 14.2 Å². The van der Waals surface area contributed by atoms with Gasteiger partial charge < -0.3 is 9.47 Å². The SMILES string of the molecule is COc1ccc(C(Sc2ccc(N=C=S)cc2)(c2ccccc2)c2ccc(OC)cc2)cc1. The Kier molecular flexibility index (Phi) is 7.26. The van der Waals surface area contributed by atoms with Crippen LogP contribution in [0.15, 0.2) is 113 Å². The molecule has 0 spiro atoms. The highest BCUT2D eigenvalue weighted by Gasteiger charge is 2.37. The van der Waals surface area contributed by atoms with Crippen LogP contribution < -0.4 is 9.47 Å². The summed E-state index contributed by atoms with van der Waals surface area (Å²) in [5, 5.41) is 2.43. The van der Waals surface area contributed by atoms with Crippen LogP contribution in [0.5, 0.6) is 11.5 Å². The molecule has 0 N–H and O–H groups in total. The molecule has 0 bridgehead atoms. The van der Waals surface area contributed by atoms with Gasteiger partial charge in [-0.1, -0.05) is 54.6 Å². The lowest BCUT2D eigenvalue weighted by Gasteiger charge is -2.35. The molecule has 0 radical (unpaired) electrons. The molecule has 0 aliphatic carbocycles. The first-order valence-electron chi connectivity index (χ1n) is 10.4. The predicted octanol–water partition coefficient (Wildman–Crippen LogP) is 7.52. The van der Waals surface area contributed by atoms with Gasteiger partial charge in [0.1, 0.15) is 11.5 Å². The number of thioether (sulfide) groups is 1. The van der Waals surface area contributed by atoms with Gasteiger partial charge in [-0.05, 0) is 77.4 Å². The molecule has 0 fully saturated rings. The van der Waals surface area contributed by atoms with Gasteiger partial charge in [-0.2, -0.15) is 4.99 Å². The van der Waals surface area contributed by atoms with Crippen molar-refractivity contribution in [2.45, 2.75) is 9.64 Å². The molecule has 0 aromatic heterocycles. The second kappa shape index (κ2) is 10.5. The number of benzene rings is 4. The van der Waals surface area contributed by atoms with Crippen molar-refractivity contribution in [3.63, 3.8) is 0 Å². The molecule has 0 atom stereocenters. The van der Waals surface area contributed by atoms with Gasteiger partial charge in [0.15, 0.2) is 0 Å². The number of aliphatic imine (C=N–C) groups is 1. The highest BCUT2D eigenvalue weighted by Crippen LogP contribution is 2.52. The van der Waals surface area contributed by atoms with Crippen LogP contribution in [-0.2, 0) is 4.75 Å². The Morgan fingerprint density at radius 2 is 1.15 bits per heavy atom. The quantitative estimate of drug-likeness (QED) is 0.116. The van der Waals surface area contributed by atoms with Gasteiger partial charge in [0.05, 0.1) is 29.8 Å². The molecule has 5 heteroatoms. The monoisotopic (exact) mass is 469 g/mol. The van der Waals surface area contributed by atoms with Gasteiger partial charge in [-0.3, -0.25) is 0 Å². The summed E-state index contributed by atoms with van der Waals surface area (Å²) in [5.41, 5.74) is 4.25. The second-order valence-electron chi connectivity index (χ2n) is 7.30. The number of ether oxygens (including phenoxy) is 2. The zero-order chi connectivity index (χ0) is 23.1. The number of hydrogen-bond acceptors (Lipinski definition) is 5.